The Labute approximate surface area is 107 Å². The molecule has 2 aromatic rings. The molecule has 1 heterocycles. The summed E-state index contributed by atoms with van der Waals surface area (Å²) in [7, 11) is 0. The number of carboxylic acid groups (broad SMARTS) is 1. The SMILES string of the molecule is O=C(O)c1ccccc1Oc1ncc(Cl)cc1F. The molecule has 1 aromatic heterocycles. The molecule has 0 aliphatic rings. The van der Waals surface area contributed by atoms with Crippen LogP contribution in [0.4, 0.5) is 4.39 Å². The first-order chi connectivity index (χ1) is 8.58. The quantitative estimate of drug-likeness (QED) is 0.926. The van der Waals surface area contributed by atoms with Crippen molar-refractivity contribution in [3.63, 3.8) is 0 Å². The predicted molar refractivity (Wildman–Crippen MR) is 62.7 cm³/mol. The second kappa shape index (κ2) is 5.01. The normalized spacial score (nSPS) is 10.1. The van der Waals surface area contributed by atoms with Gasteiger partial charge < -0.3 is 9.84 Å². The zero-order valence-corrected chi connectivity index (χ0v) is 9.69. The lowest BCUT2D eigenvalue weighted by Crippen LogP contribution is -2.01. The Morgan fingerprint density at radius 1 is 1.39 bits per heavy atom. The van der Waals surface area contributed by atoms with E-state index in [9.17, 15) is 9.18 Å². The summed E-state index contributed by atoms with van der Waals surface area (Å²) in [6.07, 6.45) is 1.21. The molecule has 0 radical (unpaired) electrons. The summed E-state index contributed by atoms with van der Waals surface area (Å²) < 4.78 is 18.6. The average Bonchev–Trinajstić information content (AvgIpc) is 2.33. The molecule has 0 saturated heterocycles. The van der Waals surface area contributed by atoms with E-state index in [1.165, 1.54) is 18.3 Å². The number of benzene rings is 1. The zero-order valence-electron chi connectivity index (χ0n) is 8.93. The summed E-state index contributed by atoms with van der Waals surface area (Å²) in [5.41, 5.74) is -0.0753. The first-order valence-electron chi connectivity index (χ1n) is 4.89. The summed E-state index contributed by atoms with van der Waals surface area (Å²) in [5.74, 6) is -2.24. The van der Waals surface area contributed by atoms with Gasteiger partial charge in [-0.3, -0.25) is 0 Å². The molecule has 0 bridgehead atoms. The second-order valence-corrected chi connectivity index (χ2v) is 3.78. The highest BCUT2D eigenvalue weighted by Gasteiger charge is 2.14. The number of ether oxygens (including phenoxy) is 1. The van der Waals surface area contributed by atoms with E-state index in [2.05, 4.69) is 4.98 Å². The molecule has 18 heavy (non-hydrogen) atoms. The highest BCUT2D eigenvalue weighted by molar-refractivity contribution is 6.30. The van der Waals surface area contributed by atoms with Gasteiger partial charge in [0.2, 0.25) is 0 Å². The predicted octanol–water partition coefficient (Wildman–Crippen LogP) is 3.36. The van der Waals surface area contributed by atoms with Crippen molar-refractivity contribution in [2.24, 2.45) is 0 Å². The van der Waals surface area contributed by atoms with Crippen LogP contribution in [0.2, 0.25) is 5.02 Å². The Morgan fingerprint density at radius 3 is 2.78 bits per heavy atom. The molecule has 0 aliphatic heterocycles. The highest BCUT2D eigenvalue weighted by Crippen LogP contribution is 2.26. The molecule has 0 atom stereocenters. The molecule has 0 saturated carbocycles. The van der Waals surface area contributed by atoms with Gasteiger partial charge in [0.15, 0.2) is 5.82 Å². The maximum absolute atomic E-state index is 13.4. The van der Waals surface area contributed by atoms with Crippen molar-refractivity contribution in [1.82, 2.24) is 4.98 Å². The van der Waals surface area contributed by atoms with E-state index in [-0.39, 0.29) is 22.2 Å². The Kier molecular flexibility index (Phi) is 3.43. The Morgan fingerprint density at radius 2 is 2.11 bits per heavy atom. The smallest absolute Gasteiger partial charge is 0.339 e. The summed E-state index contributed by atoms with van der Waals surface area (Å²) in [6, 6.07) is 6.93. The summed E-state index contributed by atoms with van der Waals surface area (Å²) >= 11 is 5.55. The van der Waals surface area contributed by atoms with Gasteiger partial charge in [0.1, 0.15) is 11.3 Å². The van der Waals surface area contributed by atoms with Crippen LogP contribution in [0.3, 0.4) is 0 Å². The zero-order chi connectivity index (χ0) is 13.1. The minimum absolute atomic E-state index is 0.0127. The van der Waals surface area contributed by atoms with Crippen LogP contribution in [0.5, 0.6) is 11.6 Å². The number of hydrogen-bond acceptors (Lipinski definition) is 3. The van der Waals surface area contributed by atoms with Gasteiger partial charge in [-0.1, -0.05) is 23.7 Å². The molecule has 0 spiro atoms. The molecule has 0 unspecified atom stereocenters. The lowest BCUT2D eigenvalue weighted by Gasteiger charge is -2.08. The number of hydrogen-bond donors (Lipinski definition) is 1. The van der Waals surface area contributed by atoms with E-state index in [1.54, 1.807) is 12.1 Å². The van der Waals surface area contributed by atoms with E-state index >= 15 is 0 Å². The number of aromatic carboxylic acids is 1. The van der Waals surface area contributed by atoms with Crippen molar-refractivity contribution in [2.75, 3.05) is 0 Å². The van der Waals surface area contributed by atoms with Crippen molar-refractivity contribution < 1.29 is 19.0 Å². The Bertz CT molecular complexity index is 604. The van der Waals surface area contributed by atoms with Crippen molar-refractivity contribution in [3.8, 4) is 11.6 Å². The third kappa shape index (κ3) is 2.57. The van der Waals surface area contributed by atoms with E-state index in [4.69, 9.17) is 21.4 Å². The van der Waals surface area contributed by atoms with Gasteiger partial charge in [0.25, 0.3) is 5.88 Å². The van der Waals surface area contributed by atoms with Crippen LogP contribution in [0, 0.1) is 5.82 Å². The first-order valence-corrected chi connectivity index (χ1v) is 5.27. The van der Waals surface area contributed by atoms with Crippen LogP contribution in [0.25, 0.3) is 0 Å². The Hall–Kier alpha value is -2.14. The number of pyridine rings is 1. The van der Waals surface area contributed by atoms with Gasteiger partial charge in [-0.2, -0.15) is 0 Å². The fourth-order valence-electron chi connectivity index (χ4n) is 1.31. The minimum Gasteiger partial charge on any atom is -0.478 e. The fourth-order valence-corrected chi connectivity index (χ4v) is 1.46. The van der Waals surface area contributed by atoms with Gasteiger partial charge >= 0.3 is 5.97 Å². The fraction of sp³-hybridized carbons (Fsp3) is 0. The monoisotopic (exact) mass is 267 g/mol. The number of rotatable bonds is 3. The molecule has 0 amide bonds. The first kappa shape index (κ1) is 12.3. The molecule has 0 fully saturated rings. The summed E-state index contributed by atoms with van der Waals surface area (Å²) in [6.45, 7) is 0. The van der Waals surface area contributed by atoms with Crippen LogP contribution in [0.15, 0.2) is 36.5 Å². The number of nitrogens with zero attached hydrogens (tertiary/aromatic N) is 1. The number of carbonyl (C=O) groups is 1. The molecule has 2 rings (SSSR count). The number of carboxylic acids is 1. The molecule has 4 nitrogen and oxygen atoms in total. The van der Waals surface area contributed by atoms with Crippen LogP contribution in [-0.4, -0.2) is 16.1 Å². The maximum atomic E-state index is 13.4. The van der Waals surface area contributed by atoms with Gasteiger partial charge in [-0.25, -0.2) is 14.2 Å². The number of para-hydroxylation sites is 1. The largest absolute Gasteiger partial charge is 0.478 e. The Balaban J connectivity index is 2.37. The van der Waals surface area contributed by atoms with E-state index in [1.807, 2.05) is 0 Å². The van der Waals surface area contributed by atoms with E-state index in [0.717, 1.165) is 6.07 Å². The van der Waals surface area contributed by atoms with Crippen LogP contribution >= 0.6 is 11.6 Å². The standard InChI is InChI=1S/C12H7ClFNO3/c13-7-5-9(14)11(15-6-7)18-10-4-2-1-3-8(10)12(16)17/h1-6H,(H,16,17). The van der Waals surface area contributed by atoms with Gasteiger partial charge in [0.05, 0.1) is 5.02 Å². The second-order valence-electron chi connectivity index (χ2n) is 3.34. The highest BCUT2D eigenvalue weighted by atomic mass is 35.5. The third-order valence-electron chi connectivity index (χ3n) is 2.10. The number of halogens is 2. The van der Waals surface area contributed by atoms with Crippen LogP contribution in [-0.2, 0) is 0 Å². The molecular formula is C12H7ClFNO3. The van der Waals surface area contributed by atoms with Gasteiger partial charge in [0, 0.05) is 6.20 Å². The maximum Gasteiger partial charge on any atom is 0.339 e. The van der Waals surface area contributed by atoms with Crippen LogP contribution < -0.4 is 4.74 Å². The van der Waals surface area contributed by atoms with Gasteiger partial charge in [-0.05, 0) is 18.2 Å². The molecule has 1 aromatic carbocycles. The minimum atomic E-state index is -1.17. The summed E-state index contributed by atoms with van der Waals surface area (Å²) in [5, 5.41) is 9.07. The molecular weight excluding hydrogens is 261 g/mol. The third-order valence-corrected chi connectivity index (χ3v) is 2.30. The topological polar surface area (TPSA) is 59.4 Å². The average molecular weight is 268 g/mol. The van der Waals surface area contributed by atoms with Crippen molar-refractivity contribution >= 4 is 17.6 Å². The van der Waals surface area contributed by atoms with Crippen molar-refractivity contribution in [3.05, 3.63) is 52.9 Å². The molecule has 1 N–H and O–H groups in total. The lowest BCUT2D eigenvalue weighted by atomic mass is 10.2. The van der Waals surface area contributed by atoms with Crippen LogP contribution in [0.1, 0.15) is 10.4 Å². The molecule has 6 heteroatoms. The summed E-state index contributed by atoms with van der Waals surface area (Å²) in [4.78, 5) is 14.6. The van der Waals surface area contributed by atoms with E-state index < -0.39 is 11.8 Å². The lowest BCUT2D eigenvalue weighted by molar-refractivity contribution is 0.0694. The number of aromatic nitrogens is 1. The van der Waals surface area contributed by atoms with Crippen molar-refractivity contribution in [2.45, 2.75) is 0 Å². The van der Waals surface area contributed by atoms with Gasteiger partial charge in [-0.15, -0.1) is 0 Å². The molecule has 0 aliphatic carbocycles. The van der Waals surface area contributed by atoms with Crippen molar-refractivity contribution in [1.29, 1.82) is 0 Å². The molecule has 92 valence electrons. The van der Waals surface area contributed by atoms with E-state index in [0.29, 0.717) is 0 Å².